The summed E-state index contributed by atoms with van der Waals surface area (Å²) in [6, 6.07) is 10.3. The molecule has 3 aromatic rings. The molecule has 27 heavy (non-hydrogen) atoms. The van der Waals surface area contributed by atoms with Gasteiger partial charge in [-0.3, -0.25) is 9.67 Å². The summed E-state index contributed by atoms with van der Waals surface area (Å²) in [6.07, 6.45) is 6.41. The van der Waals surface area contributed by atoms with Crippen LogP contribution in [0.15, 0.2) is 54.0 Å². The second-order valence-electron chi connectivity index (χ2n) is 6.12. The Morgan fingerprint density at radius 2 is 2.00 bits per heavy atom. The first-order chi connectivity index (χ1) is 13.3. The van der Waals surface area contributed by atoms with Crippen LogP contribution in [0.4, 0.5) is 0 Å². The molecule has 0 spiro atoms. The lowest BCUT2D eigenvalue weighted by atomic mass is 10.1. The largest absolute Gasteiger partial charge is 0.355 e. The molecule has 2 heterocycles. The van der Waals surface area contributed by atoms with E-state index in [1.165, 1.54) is 11.1 Å². The average Bonchev–Trinajstić information content (AvgIpc) is 3.37. The summed E-state index contributed by atoms with van der Waals surface area (Å²) in [7, 11) is 1.78. The van der Waals surface area contributed by atoms with Gasteiger partial charge < -0.3 is 15.2 Å². The van der Waals surface area contributed by atoms with Gasteiger partial charge in [-0.2, -0.15) is 5.10 Å². The number of aryl methyl sites for hydroxylation is 1. The minimum Gasteiger partial charge on any atom is -0.355 e. The van der Waals surface area contributed by atoms with Crippen LogP contribution in [0.5, 0.6) is 0 Å². The Hall–Kier alpha value is -3.16. The number of nitrogens with zero attached hydrogens (tertiary/aromatic N) is 6. The Kier molecular flexibility index (Phi) is 6.56. The molecule has 0 fully saturated rings. The van der Waals surface area contributed by atoms with Gasteiger partial charge >= 0.3 is 0 Å². The van der Waals surface area contributed by atoms with E-state index in [0.29, 0.717) is 6.54 Å². The number of hydrogen-bond donors (Lipinski definition) is 2. The van der Waals surface area contributed by atoms with Crippen molar-refractivity contribution in [2.24, 2.45) is 4.99 Å². The quantitative estimate of drug-likeness (QED) is 0.466. The van der Waals surface area contributed by atoms with E-state index in [1.54, 1.807) is 19.6 Å². The van der Waals surface area contributed by atoms with Crippen LogP contribution in [-0.2, 0) is 26.1 Å². The Morgan fingerprint density at radius 3 is 2.74 bits per heavy atom. The van der Waals surface area contributed by atoms with Crippen molar-refractivity contribution in [1.82, 2.24) is 35.2 Å². The van der Waals surface area contributed by atoms with Crippen molar-refractivity contribution in [3.63, 3.8) is 0 Å². The van der Waals surface area contributed by atoms with E-state index in [2.05, 4.69) is 66.7 Å². The molecule has 3 rings (SSSR count). The maximum atomic E-state index is 4.31. The predicted octanol–water partition coefficient (Wildman–Crippen LogP) is 1.45. The SMILES string of the molecule is CCc1nncn1CCNC(=NC)NCc1ccccc1Cn1cccn1. The van der Waals surface area contributed by atoms with Crippen LogP contribution in [0.25, 0.3) is 0 Å². The van der Waals surface area contributed by atoms with Gasteiger partial charge in [0.25, 0.3) is 0 Å². The molecular formula is C19H26N8. The van der Waals surface area contributed by atoms with E-state index < -0.39 is 0 Å². The van der Waals surface area contributed by atoms with Gasteiger partial charge in [0.15, 0.2) is 5.96 Å². The number of nitrogens with one attached hydrogen (secondary N) is 2. The Morgan fingerprint density at radius 1 is 1.15 bits per heavy atom. The Labute approximate surface area is 159 Å². The van der Waals surface area contributed by atoms with Crippen molar-refractivity contribution in [3.05, 3.63) is 66.0 Å². The molecule has 0 unspecified atom stereocenters. The molecule has 0 saturated heterocycles. The van der Waals surface area contributed by atoms with E-state index in [4.69, 9.17) is 0 Å². The number of aromatic nitrogens is 5. The molecule has 0 bridgehead atoms. The second kappa shape index (κ2) is 9.51. The van der Waals surface area contributed by atoms with Crippen LogP contribution in [0.3, 0.4) is 0 Å². The first kappa shape index (κ1) is 18.6. The maximum Gasteiger partial charge on any atom is 0.191 e. The molecular weight excluding hydrogens is 340 g/mol. The fourth-order valence-corrected chi connectivity index (χ4v) is 2.89. The number of benzene rings is 1. The lowest BCUT2D eigenvalue weighted by molar-refractivity contribution is 0.631. The van der Waals surface area contributed by atoms with Gasteiger partial charge in [-0.15, -0.1) is 10.2 Å². The van der Waals surface area contributed by atoms with Crippen molar-refractivity contribution < 1.29 is 0 Å². The Bertz CT molecular complexity index is 850. The monoisotopic (exact) mass is 366 g/mol. The summed E-state index contributed by atoms with van der Waals surface area (Å²) in [5.41, 5.74) is 2.46. The van der Waals surface area contributed by atoms with Gasteiger partial charge in [0.2, 0.25) is 0 Å². The summed E-state index contributed by atoms with van der Waals surface area (Å²) in [5, 5.41) is 19.1. The van der Waals surface area contributed by atoms with Crippen molar-refractivity contribution >= 4 is 5.96 Å². The summed E-state index contributed by atoms with van der Waals surface area (Å²) in [6.45, 7) is 5.08. The molecule has 0 aliphatic carbocycles. The third-order valence-corrected chi connectivity index (χ3v) is 4.34. The summed E-state index contributed by atoms with van der Waals surface area (Å²) < 4.78 is 3.98. The third kappa shape index (κ3) is 5.16. The Balaban J connectivity index is 1.52. The predicted molar refractivity (Wildman–Crippen MR) is 105 cm³/mol. The minimum absolute atomic E-state index is 0.698. The highest BCUT2D eigenvalue weighted by Crippen LogP contribution is 2.10. The van der Waals surface area contributed by atoms with Crippen LogP contribution in [-0.4, -0.2) is 44.1 Å². The van der Waals surface area contributed by atoms with E-state index in [0.717, 1.165) is 37.8 Å². The number of aliphatic imine (C=N–C) groups is 1. The van der Waals surface area contributed by atoms with Crippen LogP contribution in [0.1, 0.15) is 23.9 Å². The summed E-state index contributed by atoms with van der Waals surface area (Å²) in [5.74, 6) is 1.77. The van der Waals surface area contributed by atoms with Crippen molar-refractivity contribution in [2.45, 2.75) is 33.0 Å². The highest BCUT2D eigenvalue weighted by Gasteiger charge is 2.05. The summed E-state index contributed by atoms with van der Waals surface area (Å²) >= 11 is 0. The van der Waals surface area contributed by atoms with Crippen molar-refractivity contribution in [3.8, 4) is 0 Å². The number of hydrogen-bond acceptors (Lipinski definition) is 4. The van der Waals surface area contributed by atoms with E-state index in [-0.39, 0.29) is 0 Å². The number of rotatable bonds is 8. The molecule has 0 amide bonds. The van der Waals surface area contributed by atoms with Gasteiger partial charge in [0, 0.05) is 45.5 Å². The molecule has 1 aromatic carbocycles. The topological polar surface area (TPSA) is 85.0 Å². The molecule has 0 aliphatic heterocycles. The molecule has 2 aromatic heterocycles. The first-order valence-electron chi connectivity index (χ1n) is 9.15. The van der Waals surface area contributed by atoms with E-state index >= 15 is 0 Å². The average molecular weight is 366 g/mol. The van der Waals surface area contributed by atoms with Crippen LogP contribution >= 0.6 is 0 Å². The zero-order valence-electron chi connectivity index (χ0n) is 15.8. The molecule has 8 heteroatoms. The first-order valence-corrected chi connectivity index (χ1v) is 9.15. The van der Waals surface area contributed by atoms with Crippen LogP contribution in [0, 0.1) is 0 Å². The molecule has 8 nitrogen and oxygen atoms in total. The molecule has 142 valence electrons. The van der Waals surface area contributed by atoms with Crippen LogP contribution < -0.4 is 10.6 Å². The molecule has 0 atom stereocenters. The third-order valence-electron chi connectivity index (χ3n) is 4.34. The lowest BCUT2D eigenvalue weighted by Crippen LogP contribution is -2.38. The second-order valence-corrected chi connectivity index (χ2v) is 6.12. The zero-order chi connectivity index (χ0) is 18.9. The highest BCUT2D eigenvalue weighted by molar-refractivity contribution is 5.79. The molecule has 2 N–H and O–H groups in total. The van der Waals surface area contributed by atoms with E-state index in [1.807, 2.05) is 16.9 Å². The molecule has 0 aliphatic rings. The highest BCUT2D eigenvalue weighted by atomic mass is 15.3. The van der Waals surface area contributed by atoms with Gasteiger partial charge in [-0.1, -0.05) is 31.2 Å². The van der Waals surface area contributed by atoms with Gasteiger partial charge in [0.1, 0.15) is 12.2 Å². The van der Waals surface area contributed by atoms with Gasteiger partial charge in [-0.25, -0.2) is 0 Å². The van der Waals surface area contributed by atoms with Gasteiger partial charge in [-0.05, 0) is 17.2 Å². The van der Waals surface area contributed by atoms with Crippen LogP contribution in [0.2, 0.25) is 0 Å². The fraction of sp³-hybridized carbons (Fsp3) is 0.368. The summed E-state index contributed by atoms with van der Waals surface area (Å²) in [4.78, 5) is 4.31. The standard InChI is InChI=1S/C19H26N8/c1-3-18-25-23-15-26(18)12-10-21-19(20-2)22-13-16-7-4-5-8-17(16)14-27-11-6-9-24-27/h4-9,11,15H,3,10,12-14H2,1-2H3,(H2,20,21,22). The lowest BCUT2D eigenvalue weighted by Gasteiger charge is -2.15. The maximum absolute atomic E-state index is 4.31. The fourth-order valence-electron chi connectivity index (χ4n) is 2.89. The number of guanidine groups is 1. The normalized spacial score (nSPS) is 11.6. The van der Waals surface area contributed by atoms with Crippen molar-refractivity contribution in [1.29, 1.82) is 0 Å². The molecule has 0 radical (unpaired) electrons. The minimum atomic E-state index is 0.698. The van der Waals surface area contributed by atoms with Crippen molar-refractivity contribution in [2.75, 3.05) is 13.6 Å². The van der Waals surface area contributed by atoms with E-state index in [9.17, 15) is 0 Å². The smallest absolute Gasteiger partial charge is 0.191 e. The van der Waals surface area contributed by atoms with Gasteiger partial charge in [0.05, 0.1) is 6.54 Å². The molecule has 0 saturated carbocycles. The zero-order valence-corrected chi connectivity index (χ0v) is 15.8.